The molecule has 0 heterocycles. The lowest BCUT2D eigenvalue weighted by molar-refractivity contribution is 0.258. The first kappa shape index (κ1) is 15.8. The molecule has 0 fully saturated rings. The predicted molar refractivity (Wildman–Crippen MR) is 89.7 cm³/mol. The molecule has 4 nitrogen and oxygen atoms in total. The van der Waals surface area contributed by atoms with Gasteiger partial charge in [0.15, 0.2) is 0 Å². The molecule has 0 radical (unpaired) electrons. The Hall–Kier alpha value is -1.62. The summed E-state index contributed by atoms with van der Waals surface area (Å²) in [6.07, 6.45) is 0. The normalized spacial score (nSPS) is 10.3. The van der Waals surface area contributed by atoms with Crippen molar-refractivity contribution < 1.29 is 4.79 Å². The topological polar surface area (TPSA) is 58.4 Å². The molecule has 0 bridgehead atoms. The van der Waals surface area contributed by atoms with Crippen molar-refractivity contribution in [2.24, 2.45) is 0 Å². The quantitative estimate of drug-likeness (QED) is 0.761. The fourth-order valence-electron chi connectivity index (χ4n) is 1.75. The summed E-state index contributed by atoms with van der Waals surface area (Å²) in [4.78, 5) is 13.6. The number of rotatable bonds is 2. The number of nitrogen functional groups attached to an aromatic ring is 1. The summed E-state index contributed by atoms with van der Waals surface area (Å²) in [5.41, 5.74) is 7.29. The van der Waals surface area contributed by atoms with E-state index in [1.807, 2.05) is 0 Å². The highest BCUT2D eigenvalue weighted by Gasteiger charge is 2.14. The SMILES string of the molecule is CN(C(=O)Nc1cc(Cl)cc(Cl)c1)c1cc(Cl)ccc1N. The molecule has 3 N–H and O–H groups in total. The minimum atomic E-state index is -0.387. The van der Waals surface area contributed by atoms with Crippen molar-refractivity contribution in [1.29, 1.82) is 0 Å². The zero-order valence-electron chi connectivity index (χ0n) is 11.0. The Morgan fingerprint density at radius 1 is 1.05 bits per heavy atom. The predicted octanol–water partition coefficient (Wildman–Crippen LogP) is 4.90. The number of nitrogens with one attached hydrogen (secondary N) is 1. The van der Waals surface area contributed by atoms with Crippen LogP contribution in [-0.2, 0) is 0 Å². The van der Waals surface area contributed by atoms with Crippen molar-refractivity contribution in [2.45, 2.75) is 0 Å². The minimum Gasteiger partial charge on any atom is -0.397 e. The van der Waals surface area contributed by atoms with E-state index >= 15 is 0 Å². The molecular formula is C14H12Cl3N3O. The highest BCUT2D eigenvalue weighted by atomic mass is 35.5. The van der Waals surface area contributed by atoms with Gasteiger partial charge in [-0.1, -0.05) is 34.8 Å². The number of benzene rings is 2. The smallest absolute Gasteiger partial charge is 0.326 e. The molecule has 0 saturated heterocycles. The van der Waals surface area contributed by atoms with Gasteiger partial charge in [-0.25, -0.2) is 4.79 Å². The van der Waals surface area contributed by atoms with Crippen LogP contribution in [0.15, 0.2) is 36.4 Å². The number of hydrogen-bond acceptors (Lipinski definition) is 2. The summed E-state index contributed by atoms with van der Waals surface area (Å²) in [7, 11) is 1.59. The molecule has 0 aliphatic rings. The third-order valence-electron chi connectivity index (χ3n) is 2.77. The molecule has 2 aromatic rings. The average molecular weight is 345 g/mol. The number of carbonyl (C=O) groups is 1. The molecule has 21 heavy (non-hydrogen) atoms. The van der Waals surface area contributed by atoms with Crippen molar-refractivity contribution in [1.82, 2.24) is 0 Å². The van der Waals surface area contributed by atoms with Crippen molar-refractivity contribution in [2.75, 3.05) is 23.0 Å². The van der Waals surface area contributed by atoms with Gasteiger partial charge in [0.1, 0.15) is 0 Å². The second-order valence-electron chi connectivity index (χ2n) is 4.35. The number of nitrogens with two attached hydrogens (primary N) is 1. The fraction of sp³-hybridized carbons (Fsp3) is 0.0714. The zero-order valence-corrected chi connectivity index (χ0v) is 13.3. The van der Waals surface area contributed by atoms with Crippen LogP contribution in [0, 0.1) is 0 Å². The summed E-state index contributed by atoms with van der Waals surface area (Å²) in [5.74, 6) is 0. The van der Waals surface area contributed by atoms with Crippen LogP contribution in [0.25, 0.3) is 0 Å². The Morgan fingerprint density at radius 3 is 2.29 bits per heavy atom. The molecule has 0 spiro atoms. The van der Waals surface area contributed by atoms with Gasteiger partial charge in [0, 0.05) is 27.8 Å². The van der Waals surface area contributed by atoms with Gasteiger partial charge < -0.3 is 11.1 Å². The Bertz CT molecular complexity index is 671. The van der Waals surface area contributed by atoms with Crippen molar-refractivity contribution in [3.8, 4) is 0 Å². The highest BCUT2D eigenvalue weighted by Crippen LogP contribution is 2.27. The first-order valence-electron chi connectivity index (χ1n) is 5.92. The summed E-state index contributed by atoms with van der Waals surface area (Å²) >= 11 is 17.7. The third-order valence-corrected chi connectivity index (χ3v) is 3.44. The van der Waals surface area contributed by atoms with Gasteiger partial charge in [0.25, 0.3) is 0 Å². The molecule has 110 valence electrons. The van der Waals surface area contributed by atoms with E-state index in [2.05, 4.69) is 5.32 Å². The monoisotopic (exact) mass is 343 g/mol. The molecule has 7 heteroatoms. The maximum Gasteiger partial charge on any atom is 0.326 e. The van der Waals surface area contributed by atoms with Crippen molar-refractivity contribution in [3.63, 3.8) is 0 Å². The number of amides is 2. The van der Waals surface area contributed by atoms with Crippen LogP contribution in [0.2, 0.25) is 15.1 Å². The van der Waals surface area contributed by atoms with Gasteiger partial charge in [-0.15, -0.1) is 0 Å². The molecule has 0 unspecified atom stereocenters. The Morgan fingerprint density at radius 2 is 1.67 bits per heavy atom. The standard InChI is InChI=1S/C14H12Cl3N3O/c1-20(13-7-8(15)2-3-12(13)18)14(21)19-11-5-9(16)4-10(17)6-11/h2-7H,18H2,1H3,(H,19,21). The number of urea groups is 1. The van der Waals surface area contributed by atoms with Crippen LogP contribution in [0.3, 0.4) is 0 Å². The summed E-state index contributed by atoms with van der Waals surface area (Å²) in [5, 5.41) is 4.04. The number of carbonyl (C=O) groups excluding carboxylic acids is 1. The number of halogens is 3. The highest BCUT2D eigenvalue weighted by molar-refractivity contribution is 6.35. The van der Waals surface area contributed by atoms with Crippen molar-refractivity contribution in [3.05, 3.63) is 51.5 Å². The van der Waals surface area contributed by atoms with Gasteiger partial charge in [-0.2, -0.15) is 0 Å². The molecule has 2 aromatic carbocycles. The van der Waals surface area contributed by atoms with Crippen LogP contribution in [0.1, 0.15) is 0 Å². The van der Waals surface area contributed by atoms with E-state index in [4.69, 9.17) is 40.5 Å². The minimum absolute atomic E-state index is 0.387. The van der Waals surface area contributed by atoms with Crippen LogP contribution >= 0.6 is 34.8 Å². The second kappa shape index (κ2) is 6.43. The summed E-state index contributed by atoms with van der Waals surface area (Å²) in [6, 6.07) is 9.29. The number of anilines is 3. The van der Waals surface area contributed by atoms with E-state index in [0.717, 1.165) is 0 Å². The molecule has 0 aromatic heterocycles. The van der Waals surface area contributed by atoms with Crippen molar-refractivity contribution >= 4 is 57.9 Å². The van der Waals surface area contributed by atoms with Gasteiger partial charge in [-0.05, 0) is 36.4 Å². The molecule has 0 aliphatic carbocycles. The lowest BCUT2D eigenvalue weighted by Gasteiger charge is -2.20. The largest absolute Gasteiger partial charge is 0.397 e. The van der Waals surface area contributed by atoms with E-state index in [-0.39, 0.29) is 6.03 Å². The van der Waals surface area contributed by atoms with E-state index in [1.54, 1.807) is 43.4 Å². The second-order valence-corrected chi connectivity index (χ2v) is 5.66. The maximum absolute atomic E-state index is 12.2. The van der Waals surface area contributed by atoms with E-state index in [0.29, 0.717) is 32.1 Å². The van der Waals surface area contributed by atoms with E-state index in [9.17, 15) is 4.79 Å². The molecule has 0 saturated carbocycles. The van der Waals surface area contributed by atoms with Crippen LogP contribution < -0.4 is 16.0 Å². The molecular weight excluding hydrogens is 333 g/mol. The summed E-state index contributed by atoms with van der Waals surface area (Å²) in [6.45, 7) is 0. The van der Waals surface area contributed by atoms with Crippen LogP contribution in [-0.4, -0.2) is 13.1 Å². The maximum atomic E-state index is 12.2. The van der Waals surface area contributed by atoms with Gasteiger partial charge >= 0.3 is 6.03 Å². The Balaban J connectivity index is 2.21. The first-order chi connectivity index (χ1) is 9.86. The third kappa shape index (κ3) is 3.94. The fourth-order valence-corrected chi connectivity index (χ4v) is 2.44. The van der Waals surface area contributed by atoms with E-state index < -0.39 is 0 Å². The number of hydrogen-bond donors (Lipinski definition) is 2. The van der Waals surface area contributed by atoms with Crippen LogP contribution in [0.4, 0.5) is 21.9 Å². The average Bonchev–Trinajstić information content (AvgIpc) is 2.39. The molecule has 2 amide bonds. The van der Waals surface area contributed by atoms with Gasteiger partial charge in [0.05, 0.1) is 11.4 Å². The molecule has 0 aliphatic heterocycles. The molecule has 2 rings (SSSR count). The first-order valence-corrected chi connectivity index (χ1v) is 7.06. The zero-order chi connectivity index (χ0) is 15.6. The Labute approximate surface area is 137 Å². The summed E-state index contributed by atoms with van der Waals surface area (Å²) < 4.78 is 0. The molecule has 0 atom stereocenters. The van der Waals surface area contributed by atoms with Gasteiger partial charge in [-0.3, -0.25) is 4.90 Å². The lowest BCUT2D eigenvalue weighted by Crippen LogP contribution is -2.31. The van der Waals surface area contributed by atoms with E-state index in [1.165, 1.54) is 4.90 Å². The Kier molecular flexibility index (Phi) is 4.83. The van der Waals surface area contributed by atoms with Gasteiger partial charge in [0.2, 0.25) is 0 Å². The van der Waals surface area contributed by atoms with Crippen LogP contribution in [0.5, 0.6) is 0 Å². The lowest BCUT2D eigenvalue weighted by atomic mass is 10.2. The number of nitrogens with zero attached hydrogens (tertiary/aromatic N) is 1.